The normalized spacial score (nSPS) is 18.4. The van der Waals surface area contributed by atoms with Gasteiger partial charge in [0.2, 0.25) is 0 Å². The van der Waals surface area contributed by atoms with Crippen LogP contribution in [0.15, 0.2) is 66.9 Å². The van der Waals surface area contributed by atoms with Crippen molar-refractivity contribution in [3.05, 3.63) is 89.5 Å². The number of rotatable bonds is 5. The van der Waals surface area contributed by atoms with Crippen molar-refractivity contribution >= 4 is 5.97 Å². The van der Waals surface area contributed by atoms with Crippen LogP contribution < -0.4 is 0 Å². The summed E-state index contributed by atoms with van der Waals surface area (Å²) in [6.45, 7) is 4.73. The van der Waals surface area contributed by atoms with E-state index in [-0.39, 0.29) is 12.1 Å². The Kier molecular flexibility index (Phi) is 4.56. The third-order valence-corrected chi connectivity index (χ3v) is 5.39. The first-order valence-corrected chi connectivity index (χ1v) is 9.48. The van der Waals surface area contributed by atoms with Gasteiger partial charge in [0.1, 0.15) is 17.3 Å². The van der Waals surface area contributed by atoms with Crippen molar-refractivity contribution in [3.8, 4) is 0 Å². The van der Waals surface area contributed by atoms with E-state index >= 15 is 0 Å². The van der Waals surface area contributed by atoms with Gasteiger partial charge in [0.15, 0.2) is 0 Å². The molecular weight excluding hydrogens is 336 g/mol. The summed E-state index contributed by atoms with van der Waals surface area (Å²) < 4.78 is 8.04. The number of aromatic nitrogens is 2. The molecule has 0 spiro atoms. The van der Waals surface area contributed by atoms with Crippen LogP contribution >= 0.6 is 0 Å². The molecule has 2 aromatic carbocycles. The maximum atomic E-state index is 13.2. The summed E-state index contributed by atoms with van der Waals surface area (Å²) in [6.07, 6.45) is 3.34. The molecule has 1 aliphatic rings. The zero-order valence-corrected chi connectivity index (χ0v) is 15.8. The molecule has 1 atom stereocenters. The van der Waals surface area contributed by atoms with E-state index in [0.717, 1.165) is 29.1 Å². The van der Waals surface area contributed by atoms with Gasteiger partial charge in [-0.25, -0.2) is 4.98 Å². The summed E-state index contributed by atoms with van der Waals surface area (Å²) in [6, 6.07) is 20.0. The SMILES string of the molecule is CCc1nc(C)cn1CC1CC(c2ccccc2)(c2ccccc2)C(=O)O1. The number of cyclic esters (lactones) is 1. The van der Waals surface area contributed by atoms with Crippen molar-refractivity contribution in [2.24, 2.45) is 0 Å². The number of imidazole rings is 1. The van der Waals surface area contributed by atoms with Crippen molar-refractivity contribution in [1.29, 1.82) is 0 Å². The Morgan fingerprint density at radius 3 is 2.22 bits per heavy atom. The molecule has 3 aromatic rings. The minimum atomic E-state index is -0.755. The third kappa shape index (κ3) is 3.05. The van der Waals surface area contributed by atoms with Gasteiger partial charge < -0.3 is 9.30 Å². The minimum absolute atomic E-state index is 0.167. The molecule has 4 rings (SSSR count). The molecule has 1 aromatic heterocycles. The molecule has 138 valence electrons. The smallest absolute Gasteiger partial charge is 0.321 e. The largest absolute Gasteiger partial charge is 0.459 e. The van der Waals surface area contributed by atoms with Gasteiger partial charge in [-0.05, 0) is 18.1 Å². The van der Waals surface area contributed by atoms with E-state index in [1.807, 2.05) is 73.8 Å². The molecule has 27 heavy (non-hydrogen) atoms. The summed E-state index contributed by atoms with van der Waals surface area (Å²) in [5, 5.41) is 0. The van der Waals surface area contributed by atoms with Gasteiger partial charge in [-0.2, -0.15) is 0 Å². The van der Waals surface area contributed by atoms with Gasteiger partial charge in [0.05, 0.1) is 12.2 Å². The highest BCUT2D eigenvalue weighted by molar-refractivity contribution is 5.89. The molecule has 4 heteroatoms. The molecule has 1 aliphatic heterocycles. The number of carbonyl (C=O) groups is 1. The number of carbonyl (C=O) groups excluding carboxylic acids is 1. The number of ether oxygens (including phenoxy) is 1. The van der Waals surface area contributed by atoms with Crippen LogP contribution in [-0.2, 0) is 27.9 Å². The van der Waals surface area contributed by atoms with Crippen molar-refractivity contribution in [1.82, 2.24) is 9.55 Å². The predicted molar refractivity (Wildman–Crippen MR) is 105 cm³/mol. The lowest BCUT2D eigenvalue weighted by Gasteiger charge is -2.26. The third-order valence-electron chi connectivity index (χ3n) is 5.39. The maximum absolute atomic E-state index is 13.2. The standard InChI is InChI=1S/C23H24N2O2/c1-3-21-24-17(2)15-25(21)16-20-14-23(22(26)27-20,18-10-6-4-7-11-18)19-12-8-5-9-13-19/h4-13,15,20H,3,14,16H2,1-2H3. The highest BCUT2D eigenvalue weighted by Gasteiger charge is 2.51. The van der Waals surface area contributed by atoms with E-state index in [2.05, 4.69) is 16.5 Å². The lowest BCUT2D eigenvalue weighted by atomic mass is 9.72. The van der Waals surface area contributed by atoms with Crippen LogP contribution in [0.2, 0.25) is 0 Å². The second-order valence-corrected chi connectivity index (χ2v) is 7.17. The topological polar surface area (TPSA) is 44.1 Å². The Bertz CT molecular complexity index is 892. The fraction of sp³-hybridized carbons (Fsp3) is 0.304. The second-order valence-electron chi connectivity index (χ2n) is 7.17. The van der Waals surface area contributed by atoms with Crippen molar-refractivity contribution < 1.29 is 9.53 Å². The molecule has 0 saturated carbocycles. The lowest BCUT2D eigenvalue weighted by Crippen LogP contribution is -2.33. The van der Waals surface area contributed by atoms with E-state index in [4.69, 9.17) is 4.74 Å². The summed E-state index contributed by atoms with van der Waals surface area (Å²) in [5.74, 6) is 0.861. The van der Waals surface area contributed by atoms with E-state index in [9.17, 15) is 4.79 Å². The summed E-state index contributed by atoms with van der Waals surface area (Å²) in [7, 11) is 0. The fourth-order valence-electron chi connectivity index (χ4n) is 4.16. The minimum Gasteiger partial charge on any atom is -0.459 e. The Hall–Kier alpha value is -2.88. The van der Waals surface area contributed by atoms with E-state index < -0.39 is 5.41 Å². The molecular formula is C23H24N2O2. The first-order chi connectivity index (χ1) is 13.1. The van der Waals surface area contributed by atoms with Crippen molar-refractivity contribution in [3.63, 3.8) is 0 Å². The van der Waals surface area contributed by atoms with Gasteiger partial charge in [0, 0.05) is 19.0 Å². The zero-order chi connectivity index (χ0) is 18.9. The van der Waals surface area contributed by atoms with Crippen LogP contribution in [0.25, 0.3) is 0 Å². The Morgan fingerprint density at radius 2 is 1.67 bits per heavy atom. The molecule has 1 fully saturated rings. The van der Waals surface area contributed by atoms with Crippen LogP contribution in [0.1, 0.15) is 36.0 Å². The number of benzene rings is 2. The first kappa shape index (κ1) is 17.5. The zero-order valence-electron chi connectivity index (χ0n) is 15.8. The molecule has 0 radical (unpaired) electrons. The second kappa shape index (κ2) is 7.03. The number of hydrogen-bond acceptors (Lipinski definition) is 3. The Labute approximate surface area is 159 Å². The molecule has 4 nitrogen and oxygen atoms in total. The van der Waals surface area contributed by atoms with Gasteiger partial charge in [-0.3, -0.25) is 4.79 Å². The maximum Gasteiger partial charge on any atom is 0.321 e. The molecule has 2 heterocycles. The fourth-order valence-corrected chi connectivity index (χ4v) is 4.16. The van der Waals surface area contributed by atoms with Gasteiger partial charge >= 0.3 is 5.97 Å². The number of aryl methyl sites for hydroxylation is 2. The van der Waals surface area contributed by atoms with Gasteiger partial charge in [0.25, 0.3) is 0 Å². The lowest BCUT2D eigenvalue weighted by molar-refractivity contribution is -0.145. The van der Waals surface area contributed by atoms with E-state index in [0.29, 0.717) is 13.0 Å². The summed E-state index contributed by atoms with van der Waals surface area (Å²) in [5.41, 5.74) is 2.21. The van der Waals surface area contributed by atoms with E-state index in [1.165, 1.54) is 0 Å². The monoisotopic (exact) mass is 360 g/mol. The number of esters is 1. The summed E-state index contributed by atoms with van der Waals surface area (Å²) in [4.78, 5) is 17.8. The quantitative estimate of drug-likeness (QED) is 0.645. The van der Waals surface area contributed by atoms with Crippen molar-refractivity contribution in [2.75, 3.05) is 0 Å². The molecule has 1 unspecified atom stereocenters. The van der Waals surface area contributed by atoms with Gasteiger partial charge in [-0.15, -0.1) is 0 Å². The summed E-state index contributed by atoms with van der Waals surface area (Å²) >= 11 is 0. The molecule has 0 N–H and O–H groups in total. The Balaban J connectivity index is 1.72. The highest BCUT2D eigenvalue weighted by atomic mass is 16.6. The molecule has 0 amide bonds. The van der Waals surface area contributed by atoms with Crippen LogP contribution in [0.5, 0.6) is 0 Å². The predicted octanol–water partition coefficient (Wildman–Crippen LogP) is 4.06. The number of nitrogens with zero attached hydrogens (tertiary/aromatic N) is 2. The van der Waals surface area contributed by atoms with Crippen LogP contribution in [0.3, 0.4) is 0 Å². The molecule has 0 aliphatic carbocycles. The van der Waals surface area contributed by atoms with E-state index in [1.54, 1.807) is 0 Å². The average Bonchev–Trinajstić information content (AvgIpc) is 3.22. The van der Waals surface area contributed by atoms with Crippen LogP contribution in [0, 0.1) is 6.92 Å². The van der Waals surface area contributed by atoms with Crippen LogP contribution in [0.4, 0.5) is 0 Å². The number of hydrogen-bond donors (Lipinski definition) is 0. The average molecular weight is 360 g/mol. The Morgan fingerprint density at radius 1 is 1.07 bits per heavy atom. The first-order valence-electron chi connectivity index (χ1n) is 9.48. The highest BCUT2D eigenvalue weighted by Crippen LogP contribution is 2.43. The molecule has 0 bridgehead atoms. The van der Waals surface area contributed by atoms with Crippen molar-refractivity contribution in [2.45, 2.75) is 44.8 Å². The molecule has 1 saturated heterocycles. The van der Waals surface area contributed by atoms with Gasteiger partial charge in [-0.1, -0.05) is 67.6 Å². The van der Waals surface area contributed by atoms with Crippen LogP contribution in [-0.4, -0.2) is 21.6 Å².